The van der Waals surface area contributed by atoms with Crippen molar-refractivity contribution in [1.82, 2.24) is 4.90 Å². The van der Waals surface area contributed by atoms with Gasteiger partial charge in [-0.25, -0.2) is 0 Å². The summed E-state index contributed by atoms with van der Waals surface area (Å²) in [6.45, 7) is 6.46. The van der Waals surface area contributed by atoms with Crippen molar-refractivity contribution in [2.24, 2.45) is 17.8 Å². The van der Waals surface area contributed by atoms with Gasteiger partial charge in [-0.15, -0.1) is 0 Å². The normalized spacial score (nSPS) is 30.8. The Morgan fingerprint density at radius 2 is 1.61 bits per heavy atom. The Hall–Kier alpha value is -0.570. The van der Waals surface area contributed by atoms with Gasteiger partial charge in [0.15, 0.2) is 0 Å². The minimum Gasteiger partial charge on any atom is -0.393 e. The summed E-state index contributed by atoms with van der Waals surface area (Å²) in [6, 6.07) is 0. The van der Waals surface area contributed by atoms with Crippen LogP contribution in [0.25, 0.3) is 0 Å². The third kappa shape index (κ3) is 3.25. The fourth-order valence-corrected chi connectivity index (χ4v) is 3.37. The Morgan fingerprint density at radius 3 is 2.11 bits per heavy atom. The molecule has 0 aromatic carbocycles. The lowest BCUT2D eigenvalue weighted by atomic mass is 9.84. The van der Waals surface area contributed by atoms with Crippen molar-refractivity contribution >= 4 is 5.91 Å². The lowest BCUT2D eigenvalue weighted by molar-refractivity contribution is -0.138. The first-order valence-electron chi connectivity index (χ1n) is 7.54. The second-order valence-corrected chi connectivity index (χ2v) is 6.41. The van der Waals surface area contributed by atoms with Crippen molar-refractivity contribution < 1.29 is 9.90 Å². The topological polar surface area (TPSA) is 40.5 Å². The molecule has 1 aliphatic carbocycles. The molecule has 0 radical (unpaired) electrons. The van der Waals surface area contributed by atoms with Gasteiger partial charge in [-0.2, -0.15) is 0 Å². The number of carbonyl (C=O) groups is 1. The summed E-state index contributed by atoms with van der Waals surface area (Å²) in [5.74, 6) is 2.07. The van der Waals surface area contributed by atoms with Crippen molar-refractivity contribution in [3.05, 3.63) is 0 Å². The number of hydrogen-bond donors (Lipinski definition) is 1. The average Bonchev–Trinajstić information content (AvgIpc) is 2.39. The van der Waals surface area contributed by atoms with Crippen LogP contribution in [0.5, 0.6) is 0 Å². The summed E-state index contributed by atoms with van der Waals surface area (Å²) < 4.78 is 0. The van der Waals surface area contributed by atoms with E-state index in [0.717, 1.165) is 50.6 Å². The first-order valence-corrected chi connectivity index (χ1v) is 7.54. The van der Waals surface area contributed by atoms with Crippen LogP contribution in [0.4, 0.5) is 0 Å². The van der Waals surface area contributed by atoms with Crippen molar-refractivity contribution in [2.45, 2.75) is 58.5 Å². The molecule has 0 aromatic rings. The SMILES string of the molecule is CC(C)C1CCN(C(=O)C2CCC(O)CC2)CC1. The number of rotatable bonds is 2. The van der Waals surface area contributed by atoms with Gasteiger partial charge >= 0.3 is 0 Å². The molecule has 0 aromatic heterocycles. The molecule has 3 nitrogen and oxygen atoms in total. The number of aliphatic hydroxyl groups is 1. The van der Waals surface area contributed by atoms with Gasteiger partial charge in [0, 0.05) is 19.0 Å². The van der Waals surface area contributed by atoms with Crippen molar-refractivity contribution in [3.63, 3.8) is 0 Å². The maximum Gasteiger partial charge on any atom is 0.225 e. The van der Waals surface area contributed by atoms with Crippen LogP contribution in [-0.2, 0) is 4.79 Å². The van der Waals surface area contributed by atoms with Crippen molar-refractivity contribution in [3.8, 4) is 0 Å². The highest BCUT2D eigenvalue weighted by Gasteiger charge is 2.31. The predicted octanol–water partition coefficient (Wildman–Crippen LogP) is 2.43. The zero-order valence-electron chi connectivity index (χ0n) is 11.8. The summed E-state index contributed by atoms with van der Waals surface area (Å²) in [5.41, 5.74) is 0. The number of piperidine rings is 1. The standard InChI is InChI=1S/C15H27NO2/c1-11(2)12-7-9-16(10-8-12)15(18)13-3-5-14(17)6-4-13/h11-14,17H,3-10H2,1-2H3. The second kappa shape index (κ2) is 6.05. The van der Waals surface area contributed by atoms with Gasteiger partial charge < -0.3 is 10.0 Å². The summed E-state index contributed by atoms with van der Waals surface area (Å²) >= 11 is 0. The van der Waals surface area contributed by atoms with E-state index in [-0.39, 0.29) is 12.0 Å². The van der Waals surface area contributed by atoms with E-state index < -0.39 is 0 Å². The first kappa shape index (κ1) is 13.9. The molecule has 3 heteroatoms. The number of amides is 1. The molecule has 18 heavy (non-hydrogen) atoms. The van der Waals surface area contributed by atoms with E-state index in [1.807, 2.05) is 0 Å². The minimum atomic E-state index is -0.166. The van der Waals surface area contributed by atoms with Crippen LogP contribution in [-0.4, -0.2) is 35.1 Å². The highest BCUT2D eigenvalue weighted by atomic mass is 16.3. The van der Waals surface area contributed by atoms with Crippen LogP contribution in [0, 0.1) is 17.8 Å². The Balaban J connectivity index is 1.80. The lowest BCUT2D eigenvalue weighted by Gasteiger charge is -2.37. The molecular formula is C15H27NO2. The quantitative estimate of drug-likeness (QED) is 0.821. The van der Waals surface area contributed by atoms with E-state index in [0.29, 0.717) is 5.91 Å². The summed E-state index contributed by atoms with van der Waals surface area (Å²) in [7, 11) is 0. The third-order valence-electron chi connectivity index (χ3n) is 4.84. The fraction of sp³-hybridized carbons (Fsp3) is 0.933. The van der Waals surface area contributed by atoms with Crippen molar-refractivity contribution in [1.29, 1.82) is 0 Å². The molecule has 2 fully saturated rings. The molecule has 1 heterocycles. The molecule has 104 valence electrons. The Morgan fingerprint density at radius 1 is 1.06 bits per heavy atom. The highest BCUT2D eigenvalue weighted by molar-refractivity contribution is 5.79. The Kier molecular flexibility index (Phi) is 4.66. The van der Waals surface area contributed by atoms with E-state index in [1.165, 1.54) is 12.8 Å². The Labute approximate surface area is 111 Å². The maximum atomic E-state index is 12.4. The van der Waals surface area contributed by atoms with Crippen LogP contribution in [0.15, 0.2) is 0 Å². The van der Waals surface area contributed by atoms with Gasteiger partial charge in [0.2, 0.25) is 5.91 Å². The second-order valence-electron chi connectivity index (χ2n) is 6.41. The number of likely N-dealkylation sites (tertiary alicyclic amines) is 1. The summed E-state index contributed by atoms with van der Waals surface area (Å²) in [4.78, 5) is 14.5. The van der Waals surface area contributed by atoms with Crippen LogP contribution >= 0.6 is 0 Å². The molecule has 1 aliphatic heterocycles. The lowest BCUT2D eigenvalue weighted by Crippen LogP contribution is -2.43. The monoisotopic (exact) mass is 253 g/mol. The van der Waals surface area contributed by atoms with Crippen LogP contribution in [0.2, 0.25) is 0 Å². The molecule has 0 unspecified atom stereocenters. The van der Waals surface area contributed by atoms with Crippen LogP contribution in [0.1, 0.15) is 52.4 Å². The molecule has 1 amide bonds. The van der Waals surface area contributed by atoms with E-state index in [4.69, 9.17) is 0 Å². The smallest absolute Gasteiger partial charge is 0.225 e. The highest BCUT2D eigenvalue weighted by Crippen LogP contribution is 2.29. The predicted molar refractivity (Wildman–Crippen MR) is 72.1 cm³/mol. The largest absolute Gasteiger partial charge is 0.393 e. The zero-order valence-corrected chi connectivity index (χ0v) is 11.8. The molecular weight excluding hydrogens is 226 g/mol. The van der Waals surface area contributed by atoms with E-state index >= 15 is 0 Å². The number of hydrogen-bond acceptors (Lipinski definition) is 2. The van der Waals surface area contributed by atoms with Crippen molar-refractivity contribution in [2.75, 3.05) is 13.1 Å². The molecule has 0 spiro atoms. The maximum absolute atomic E-state index is 12.4. The minimum absolute atomic E-state index is 0.166. The van der Waals surface area contributed by atoms with Gasteiger partial charge in [-0.3, -0.25) is 4.79 Å². The molecule has 1 saturated carbocycles. The first-order chi connectivity index (χ1) is 8.58. The zero-order chi connectivity index (χ0) is 13.1. The van der Waals surface area contributed by atoms with Crippen LogP contribution in [0.3, 0.4) is 0 Å². The molecule has 1 N–H and O–H groups in total. The molecule has 2 aliphatic rings. The van der Waals surface area contributed by atoms with E-state index in [1.54, 1.807) is 0 Å². The van der Waals surface area contributed by atoms with Gasteiger partial charge in [0.05, 0.1) is 6.10 Å². The number of nitrogens with zero attached hydrogens (tertiary/aromatic N) is 1. The molecule has 0 bridgehead atoms. The van der Waals surface area contributed by atoms with Gasteiger partial charge in [-0.05, 0) is 50.4 Å². The third-order valence-corrected chi connectivity index (χ3v) is 4.84. The molecule has 0 atom stereocenters. The molecule has 2 rings (SSSR count). The van der Waals surface area contributed by atoms with Gasteiger partial charge in [0.25, 0.3) is 0 Å². The molecule has 1 saturated heterocycles. The summed E-state index contributed by atoms with van der Waals surface area (Å²) in [6.07, 6.45) is 5.53. The van der Waals surface area contributed by atoms with E-state index in [2.05, 4.69) is 18.7 Å². The summed E-state index contributed by atoms with van der Waals surface area (Å²) in [5, 5.41) is 9.49. The van der Waals surface area contributed by atoms with Crippen LogP contribution < -0.4 is 0 Å². The number of carbonyl (C=O) groups excluding carboxylic acids is 1. The van der Waals surface area contributed by atoms with Gasteiger partial charge in [-0.1, -0.05) is 13.8 Å². The average molecular weight is 253 g/mol. The van der Waals surface area contributed by atoms with Gasteiger partial charge in [0.1, 0.15) is 0 Å². The Bertz CT molecular complexity index is 274. The number of aliphatic hydroxyl groups excluding tert-OH is 1. The van der Waals surface area contributed by atoms with E-state index in [9.17, 15) is 9.90 Å². The fourth-order valence-electron chi connectivity index (χ4n) is 3.37.